The molecule has 0 bridgehead atoms. The van der Waals surface area contributed by atoms with E-state index in [0.717, 1.165) is 5.56 Å². The Morgan fingerprint density at radius 1 is 1.11 bits per heavy atom. The number of amides is 4. The minimum absolute atomic E-state index is 0.418. The molecule has 5 N–H and O–H groups in total. The van der Waals surface area contributed by atoms with Crippen LogP contribution in [0.3, 0.4) is 0 Å². The maximum Gasteiger partial charge on any atom is 0.312 e. The summed E-state index contributed by atoms with van der Waals surface area (Å²) < 4.78 is 0. The molecule has 0 aliphatic rings. The fourth-order valence-electron chi connectivity index (χ4n) is 1.28. The number of carbonyl (C=O) groups is 3. The second-order valence-electron chi connectivity index (χ2n) is 4.04. The monoisotopic (exact) mass is 264 g/mol. The fraction of sp³-hybridized carbons (Fsp3) is 0.250. The summed E-state index contributed by atoms with van der Waals surface area (Å²) in [6.07, 6.45) is 0. The summed E-state index contributed by atoms with van der Waals surface area (Å²) in [5, 5.41) is 2.19. The molecule has 1 aromatic carbocycles. The lowest BCUT2D eigenvalue weighted by atomic mass is 10.1. The number of hydrazine groups is 1. The van der Waals surface area contributed by atoms with Crippen LogP contribution < -0.4 is 21.9 Å². The molecule has 0 fully saturated rings. The number of primary amides is 1. The third-order valence-electron chi connectivity index (χ3n) is 2.37. The average molecular weight is 264 g/mol. The molecule has 0 aromatic heterocycles. The first-order valence-corrected chi connectivity index (χ1v) is 5.63. The Balaban J connectivity index is 2.48. The van der Waals surface area contributed by atoms with Gasteiger partial charge in [-0.2, -0.15) is 0 Å². The predicted molar refractivity (Wildman–Crippen MR) is 69.0 cm³/mol. The highest BCUT2D eigenvalue weighted by molar-refractivity contribution is 5.96. The summed E-state index contributed by atoms with van der Waals surface area (Å²) in [6, 6.07) is 5.20. The van der Waals surface area contributed by atoms with Crippen LogP contribution in [0, 0.1) is 6.92 Å². The van der Waals surface area contributed by atoms with E-state index in [-0.39, 0.29) is 0 Å². The SMILES string of the molecule is Cc1ccc(C(=O)NNC(=O)C(C)NC(N)=O)cc1. The Hall–Kier alpha value is -2.57. The Morgan fingerprint density at radius 2 is 1.68 bits per heavy atom. The van der Waals surface area contributed by atoms with Gasteiger partial charge in [0.15, 0.2) is 0 Å². The third kappa shape index (κ3) is 4.66. The number of hydrogen-bond donors (Lipinski definition) is 4. The topological polar surface area (TPSA) is 113 Å². The van der Waals surface area contributed by atoms with E-state index in [1.54, 1.807) is 24.3 Å². The lowest BCUT2D eigenvalue weighted by Gasteiger charge is -2.13. The van der Waals surface area contributed by atoms with E-state index in [2.05, 4.69) is 16.2 Å². The molecule has 1 unspecified atom stereocenters. The van der Waals surface area contributed by atoms with Crippen molar-refractivity contribution in [2.24, 2.45) is 5.73 Å². The zero-order chi connectivity index (χ0) is 14.4. The van der Waals surface area contributed by atoms with Crippen LogP contribution in [0.25, 0.3) is 0 Å². The van der Waals surface area contributed by atoms with Crippen molar-refractivity contribution in [2.45, 2.75) is 19.9 Å². The molecule has 0 saturated carbocycles. The second-order valence-corrected chi connectivity index (χ2v) is 4.04. The standard InChI is InChI=1S/C12H16N4O3/c1-7-3-5-9(6-4-7)11(18)16-15-10(17)8(2)14-12(13)19/h3-6,8H,1-2H3,(H,15,17)(H,16,18)(H3,13,14,19). The van der Waals surface area contributed by atoms with Crippen molar-refractivity contribution in [3.8, 4) is 0 Å². The summed E-state index contributed by atoms with van der Waals surface area (Å²) in [6.45, 7) is 3.35. The van der Waals surface area contributed by atoms with E-state index in [4.69, 9.17) is 5.73 Å². The van der Waals surface area contributed by atoms with Crippen LogP contribution in [0.2, 0.25) is 0 Å². The molecule has 19 heavy (non-hydrogen) atoms. The smallest absolute Gasteiger partial charge is 0.312 e. The summed E-state index contributed by atoms with van der Waals surface area (Å²) in [7, 11) is 0. The molecule has 1 atom stereocenters. The number of nitrogens with two attached hydrogens (primary N) is 1. The van der Waals surface area contributed by atoms with E-state index in [1.807, 2.05) is 6.92 Å². The minimum atomic E-state index is -0.837. The summed E-state index contributed by atoms with van der Waals surface area (Å²) >= 11 is 0. The molecule has 4 amide bonds. The van der Waals surface area contributed by atoms with Gasteiger partial charge in [0.2, 0.25) is 0 Å². The number of carbonyl (C=O) groups excluding carboxylic acids is 3. The number of rotatable bonds is 3. The van der Waals surface area contributed by atoms with Crippen LogP contribution in [0.1, 0.15) is 22.8 Å². The Bertz CT molecular complexity index is 484. The van der Waals surface area contributed by atoms with Gasteiger partial charge in [-0.1, -0.05) is 17.7 Å². The molecule has 0 saturated heterocycles. The van der Waals surface area contributed by atoms with Gasteiger partial charge in [-0.3, -0.25) is 20.4 Å². The van der Waals surface area contributed by atoms with E-state index in [1.165, 1.54) is 6.92 Å². The van der Waals surface area contributed by atoms with Gasteiger partial charge in [-0.05, 0) is 26.0 Å². The van der Waals surface area contributed by atoms with Gasteiger partial charge < -0.3 is 11.1 Å². The van der Waals surface area contributed by atoms with Gasteiger partial charge in [-0.15, -0.1) is 0 Å². The molecule has 7 heteroatoms. The van der Waals surface area contributed by atoms with E-state index in [9.17, 15) is 14.4 Å². The third-order valence-corrected chi connectivity index (χ3v) is 2.37. The van der Waals surface area contributed by atoms with Crippen molar-refractivity contribution in [2.75, 3.05) is 0 Å². The second kappa shape index (κ2) is 6.39. The normalized spacial score (nSPS) is 11.3. The molecule has 0 radical (unpaired) electrons. The van der Waals surface area contributed by atoms with E-state index >= 15 is 0 Å². The van der Waals surface area contributed by atoms with Gasteiger partial charge in [0, 0.05) is 5.56 Å². The Labute approximate surface area is 110 Å². The van der Waals surface area contributed by atoms with Gasteiger partial charge >= 0.3 is 6.03 Å². The summed E-state index contributed by atoms with van der Waals surface area (Å²) in [5.74, 6) is -1.01. The molecular formula is C12H16N4O3. The zero-order valence-corrected chi connectivity index (χ0v) is 10.7. The van der Waals surface area contributed by atoms with Gasteiger partial charge in [0.25, 0.3) is 11.8 Å². The highest BCUT2D eigenvalue weighted by Crippen LogP contribution is 2.02. The Morgan fingerprint density at radius 3 is 2.21 bits per heavy atom. The summed E-state index contributed by atoms with van der Waals surface area (Å²) in [4.78, 5) is 33.7. The minimum Gasteiger partial charge on any atom is -0.352 e. The molecule has 1 aromatic rings. The number of aryl methyl sites for hydroxylation is 1. The quantitative estimate of drug-likeness (QED) is 0.567. The van der Waals surface area contributed by atoms with E-state index in [0.29, 0.717) is 5.56 Å². The predicted octanol–water partition coefficient (Wildman–Crippen LogP) is -0.187. The van der Waals surface area contributed by atoms with Crippen LogP contribution >= 0.6 is 0 Å². The number of urea groups is 1. The summed E-state index contributed by atoms with van der Waals surface area (Å²) in [5.41, 5.74) is 10.8. The molecule has 0 aliphatic carbocycles. The van der Waals surface area contributed by atoms with Gasteiger partial charge in [0.05, 0.1) is 0 Å². The molecule has 0 heterocycles. The molecule has 1 rings (SSSR count). The highest BCUT2D eigenvalue weighted by Gasteiger charge is 2.14. The lowest BCUT2D eigenvalue weighted by molar-refractivity contribution is -0.123. The zero-order valence-electron chi connectivity index (χ0n) is 10.7. The maximum absolute atomic E-state index is 11.7. The van der Waals surface area contributed by atoms with Crippen LogP contribution in [0.4, 0.5) is 4.79 Å². The molecular weight excluding hydrogens is 248 g/mol. The fourth-order valence-corrected chi connectivity index (χ4v) is 1.28. The Kier molecular flexibility index (Phi) is 4.87. The van der Waals surface area contributed by atoms with Crippen LogP contribution in [0.15, 0.2) is 24.3 Å². The first-order chi connectivity index (χ1) is 8.90. The van der Waals surface area contributed by atoms with Crippen molar-refractivity contribution in [3.63, 3.8) is 0 Å². The largest absolute Gasteiger partial charge is 0.352 e. The molecule has 102 valence electrons. The molecule has 0 spiro atoms. The average Bonchev–Trinajstić information content (AvgIpc) is 2.35. The van der Waals surface area contributed by atoms with Crippen LogP contribution in [-0.4, -0.2) is 23.9 Å². The van der Waals surface area contributed by atoms with Crippen molar-refractivity contribution in [1.29, 1.82) is 0 Å². The number of benzene rings is 1. The van der Waals surface area contributed by atoms with Crippen molar-refractivity contribution >= 4 is 17.8 Å². The van der Waals surface area contributed by atoms with Crippen molar-refractivity contribution in [3.05, 3.63) is 35.4 Å². The first-order valence-electron chi connectivity index (χ1n) is 5.63. The lowest BCUT2D eigenvalue weighted by Crippen LogP contribution is -2.52. The van der Waals surface area contributed by atoms with Crippen LogP contribution in [0.5, 0.6) is 0 Å². The van der Waals surface area contributed by atoms with E-state index < -0.39 is 23.9 Å². The van der Waals surface area contributed by atoms with Crippen molar-refractivity contribution < 1.29 is 14.4 Å². The number of hydrogen-bond acceptors (Lipinski definition) is 3. The van der Waals surface area contributed by atoms with Crippen molar-refractivity contribution in [1.82, 2.24) is 16.2 Å². The molecule has 7 nitrogen and oxygen atoms in total. The molecule has 0 aliphatic heterocycles. The number of nitrogens with one attached hydrogen (secondary N) is 3. The van der Waals surface area contributed by atoms with Crippen LogP contribution in [-0.2, 0) is 4.79 Å². The maximum atomic E-state index is 11.7. The highest BCUT2D eigenvalue weighted by atomic mass is 16.2. The van der Waals surface area contributed by atoms with Gasteiger partial charge in [-0.25, -0.2) is 4.79 Å². The van der Waals surface area contributed by atoms with Gasteiger partial charge in [0.1, 0.15) is 6.04 Å². The first kappa shape index (κ1) is 14.5.